The second-order valence-electron chi connectivity index (χ2n) is 3.93. The quantitative estimate of drug-likeness (QED) is 0.927. The lowest BCUT2D eigenvalue weighted by molar-refractivity contribution is -0.138. The van der Waals surface area contributed by atoms with E-state index in [9.17, 15) is 18.0 Å². The van der Waals surface area contributed by atoms with Crippen LogP contribution in [0.1, 0.15) is 12.0 Å². The first-order valence-corrected chi connectivity index (χ1v) is 5.53. The molecule has 0 radical (unpaired) electrons. The first-order chi connectivity index (χ1) is 9.36. The second-order valence-corrected chi connectivity index (χ2v) is 3.93. The van der Waals surface area contributed by atoms with Gasteiger partial charge in [0, 0.05) is 5.56 Å². The number of rotatable bonds is 4. The van der Waals surface area contributed by atoms with Crippen LogP contribution >= 0.6 is 0 Å². The van der Waals surface area contributed by atoms with Crippen LogP contribution in [0.3, 0.4) is 0 Å². The Labute approximate surface area is 110 Å². The molecule has 0 atom stereocenters. The molecule has 9 heteroatoms. The van der Waals surface area contributed by atoms with Gasteiger partial charge in [-0.1, -0.05) is 12.1 Å². The number of hydrogen-bond donors (Lipinski definition) is 1. The summed E-state index contributed by atoms with van der Waals surface area (Å²) in [5, 5.41) is 19.7. The van der Waals surface area contributed by atoms with Gasteiger partial charge in [-0.2, -0.15) is 18.0 Å². The lowest BCUT2D eigenvalue weighted by Crippen LogP contribution is -2.07. The molecule has 1 heterocycles. The molecule has 2 aromatic rings. The molecule has 0 spiro atoms. The zero-order valence-electron chi connectivity index (χ0n) is 10.0. The first kappa shape index (κ1) is 14.0. The third kappa shape index (κ3) is 3.31. The molecule has 0 amide bonds. The fourth-order valence-electron chi connectivity index (χ4n) is 1.46. The molecule has 20 heavy (non-hydrogen) atoms. The number of carboxylic acid groups (broad SMARTS) is 1. The van der Waals surface area contributed by atoms with Gasteiger partial charge in [0.05, 0.1) is 18.5 Å². The van der Waals surface area contributed by atoms with Crippen LogP contribution < -0.4 is 0 Å². The van der Waals surface area contributed by atoms with Gasteiger partial charge >= 0.3 is 12.1 Å². The summed E-state index contributed by atoms with van der Waals surface area (Å²) in [5.41, 5.74) is -0.390. The maximum Gasteiger partial charge on any atom is 0.416 e. The van der Waals surface area contributed by atoms with Crippen LogP contribution in [-0.4, -0.2) is 31.3 Å². The molecule has 1 N–H and O–H groups in total. The van der Waals surface area contributed by atoms with E-state index in [1.807, 2.05) is 0 Å². The van der Waals surface area contributed by atoms with Crippen molar-refractivity contribution >= 4 is 5.97 Å². The zero-order valence-corrected chi connectivity index (χ0v) is 10.0. The second kappa shape index (κ2) is 5.27. The Balaban J connectivity index is 2.14. The van der Waals surface area contributed by atoms with E-state index >= 15 is 0 Å². The van der Waals surface area contributed by atoms with Crippen LogP contribution in [0.2, 0.25) is 0 Å². The molecule has 0 saturated heterocycles. The van der Waals surface area contributed by atoms with Crippen molar-refractivity contribution < 1.29 is 23.1 Å². The summed E-state index contributed by atoms with van der Waals surface area (Å²) < 4.78 is 37.2. The number of nitrogens with zero attached hydrogens (tertiary/aromatic N) is 4. The third-order valence-corrected chi connectivity index (χ3v) is 2.45. The summed E-state index contributed by atoms with van der Waals surface area (Å²) in [6.45, 7) is 0.0446. The van der Waals surface area contributed by atoms with Crippen LogP contribution in [0.4, 0.5) is 13.2 Å². The van der Waals surface area contributed by atoms with Gasteiger partial charge in [0.2, 0.25) is 5.82 Å². The van der Waals surface area contributed by atoms with Crippen molar-refractivity contribution in [2.45, 2.75) is 19.1 Å². The molecular formula is C11H9F3N4O2. The predicted molar refractivity (Wildman–Crippen MR) is 60.5 cm³/mol. The number of tetrazole rings is 1. The van der Waals surface area contributed by atoms with Gasteiger partial charge in [-0.3, -0.25) is 4.79 Å². The van der Waals surface area contributed by atoms with Crippen molar-refractivity contribution in [1.82, 2.24) is 20.2 Å². The molecular weight excluding hydrogens is 277 g/mol. The van der Waals surface area contributed by atoms with E-state index in [0.717, 1.165) is 16.9 Å². The van der Waals surface area contributed by atoms with Gasteiger partial charge < -0.3 is 5.11 Å². The molecule has 1 aromatic carbocycles. The number of alkyl halides is 3. The smallest absolute Gasteiger partial charge is 0.416 e. The van der Waals surface area contributed by atoms with Gasteiger partial charge in [0.1, 0.15) is 0 Å². The Bertz CT molecular complexity index is 607. The average Bonchev–Trinajstić information content (AvgIpc) is 2.84. The fraction of sp³-hybridized carbons (Fsp3) is 0.273. The standard InChI is InChI=1S/C11H9F3N4O2/c12-11(13,14)8-3-1-7(2-4-8)10-15-17-18(16-10)6-5-9(19)20/h1-4H,5-6H2,(H,19,20). The minimum Gasteiger partial charge on any atom is -0.481 e. The summed E-state index contributed by atoms with van der Waals surface area (Å²) in [6.07, 6.45) is -4.56. The monoisotopic (exact) mass is 286 g/mol. The van der Waals surface area contributed by atoms with E-state index in [2.05, 4.69) is 15.4 Å². The van der Waals surface area contributed by atoms with Gasteiger partial charge in [-0.15, -0.1) is 10.2 Å². The molecule has 6 nitrogen and oxygen atoms in total. The van der Waals surface area contributed by atoms with E-state index in [4.69, 9.17) is 5.11 Å². The van der Waals surface area contributed by atoms with E-state index in [-0.39, 0.29) is 18.8 Å². The number of aliphatic carboxylic acids is 1. The summed E-state index contributed by atoms with van der Waals surface area (Å²) >= 11 is 0. The normalized spacial score (nSPS) is 11.6. The maximum absolute atomic E-state index is 12.4. The number of aryl methyl sites for hydroxylation is 1. The Morgan fingerprint density at radius 2 is 1.90 bits per heavy atom. The van der Waals surface area contributed by atoms with Gasteiger partial charge in [-0.05, 0) is 17.3 Å². The van der Waals surface area contributed by atoms with E-state index in [1.54, 1.807) is 0 Å². The summed E-state index contributed by atoms with van der Waals surface area (Å²) in [4.78, 5) is 11.5. The first-order valence-electron chi connectivity index (χ1n) is 5.53. The summed E-state index contributed by atoms with van der Waals surface area (Å²) in [7, 11) is 0. The Morgan fingerprint density at radius 3 is 2.45 bits per heavy atom. The molecule has 0 fully saturated rings. The summed E-state index contributed by atoms with van der Waals surface area (Å²) in [6, 6.07) is 4.32. The minimum absolute atomic E-state index is 0.0446. The largest absolute Gasteiger partial charge is 0.481 e. The molecule has 0 saturated carbocycles. The van der Waals surface area contributed by atoms with Crippen molar-refractivity contribution in [3.8, 4) is 11.4 Å². The molecule has 1 aromatic heterocycles. The Morgan fingerprint density at radius 1 is 1.25 bits per heavy atom. The maximum atomic E-state index is 12.4. The molecule has 0 bridgehead atoms. The highest BCUT2D eigenvalue weighted by atomic mass is 19.4. The fourth-order valence-corrected chi connectivity index (χ4v) is 1.46. The predicted octanol–water partition coefficient (Wildman–Crippen LogP) is 1.83. The zero-order chi connectivity index (χ0) is 14.8. The molecule has 0 aliphatic rings. The number of halogens is 3. The lowest BCUT2D eigenvalue weighted by Gasteiger charge is -2.05. The van der Waals surface area contributed by atoms with E-state index in [1.165, 1.54) is 12.1 Å². The average molecular weight is 286 g/mol. The Hall–Kier alpha value is -2.45. The molecule has 0 unspecified atom stereocenters. The molecule has 106 valence electrons. The Kier molecular flexibility index (Phi) is 3.68. The van der Waals surface area contributed by atoms with Crippen LogP contribution in [0, 0.1) is 0 Å². The van der Waals surface area contributed by atoms with Gasteiger partial charge in [0.25, 0.3) is 0 Å². The van der Waals surface area contributed by atoms with Gasteiger partial charge in [0.15, 0.2) is 0 Å². The van der Waals surface area contributed by atoms with Crippen LogP contribution in [0.25, 0.3) is 11.4 Å². The highest BCUT2D eigenvalue weighted by molar-refractivity contribution is 5.66. The third-order valence-electron chi connectivity index (χ3n) is 2.45. The molecule has 2 rings (SSSR count). The van der Waals surface area contributed by atoms with Crippen molar-refractivity contribution in [2.75, 3.05) is 0 Å². The number of hydrogen-bond acceptors (Lipinski definition) is 4. The topological polar surface area (TPSA) is 80.9 Å². The van der Waals surface area contributed by atoms with Gasteiger partial charge in [-0.25, -0.2) is 0 Å². The number of carboxylic acids is 1. The summed E-state index contributed by atoms with van der Waals surface area (Å²) in [5.74, 6) is -0.859. The van der Waals surface area contributed by atoms with Crippen molar-refractivity contribution in [2.24, 2.45) is 0 Å². The molecule has 0 aliphatic carbocycles. The van der Waals surface area contributed by atoms with Crippen LogP contribution in [0.5, 0.6) is 0 Å². The molecule has 0 aliphatic heterocycles. The number of aromatic nitrogens is 4. The van der Waals surface area contributed by atoms with Crippen molar-refractivity contribution in [3.63, 3.8) is 0 Å². The SMILES string of the molecule is O=C(O)CCn1nnc(-c2ccc(C(F)(F)F)cc2)n1. The van der Waals surface area contributed by atoms with E-state index < -0.39 is 17.7 Å². The highest BCUT2D eigenvalue weighted by Crippen LogP contribution is 2.30. The lowest BCUT2D eigenvalue weighted by atomic mass is 10.1. The van der Waals surface area contributed by atoms with Crippen molar-refractivity contribution in [1.29, 1.82) is 0 Å². The van der Waals surface area contributed by atoms with Crippen molar-refractivity contribution in [3.05, 3.63) is 29.8 Å². The number of carbonyl (C=O) groups is 1. The minimum atomic E-state index is -4.40. The van der Waals surface area contributed by atoms with E-state index in [0.29, 0.717) is 5.56 Å². The van der Waals surface area contributed by atoms with Crippen LogP contribution in [0.15, 0.2) is 24.3 Å². The highest BCUT2D eigenvalue weighted by Gasteiger charge is 2.30. The number of benzene rings is 1. The van der Waals surface area contributed by atoms with Crippen LogP contribution in [-0.2, 0) is 17.5 Å².